The van der Waals surface area contributed by atoms with Crippen molar-refractivity contribution in [3.63, 3.8) is 0 Å². The van der Waals surface area contributed by atoms with Crippen LogP contribution in [0, 0.1) is 0 Å². The van der Waals surface area contributed by atoms with Gasteiger partial charge in [0.05, 0.1) is 0 Å². The molecule has 18 heavy (non-hydrogen) atoms. The molecule has 0 bridgehead atoms. The fraction of sp³-hybridized carbons (Fsp3) is 0.571. The average Bonchev–Trinajstić information content (AvgIpc) is 2.91. The molecule has 4 heteroatoms. The van der Waals surface area contributed by atoms with E-state index < -0.39 is 0 Å². The minimum absolute atomic E-state index is 0.168. The third-order valence-electron chi connectivity index (χ3n) is 3.96. The molecule has 1 saturated heterocycles. The zero-order valence-electron chi connectivity index (χ0n) is 11.2. The lowest BCUT2D eigenvalue weighted by atomic mass is 10.00. The highest BCUT2D eigenvalue weighted by molar-refractivity contribution is 5.59. The number of rotatable bonds is 2. The Balaban J connectivity index is 1.90. The highest BCUT2D eigenvalue weighted by Crippen LogP contribution is 2.40. The van der Waals surface area contributed by atoms with E-state index in [1.54, 1.807) is 0 Å². The molecule has 0 spiro atoms. The topological polar surface area (TPSA) is 33.7 Å². The van der Waals surface area contributed by atoms with E-state index in [0.717, 1.165) is 24.5 Å². The molecule has 2 heterocycles. The van der Waals surface area contributed by atoms with E-state index in [1.807, 2.05) is 13.1 Å². The van der Waals surface area contributed by atoms with E-state index >= 15 is 0 Å². The van der Waals surface area contributed by atoms with Crippen molar-refractivity contribution >= 4 is 5.69 Å². The molecule has 0 amide bonds. The quantitative estimate of drug-likeness (QED) is 0.868. The molecule has 0 aromatic heterocycles. The maximum absolute atomic E-state index is 5.46. The minimum atomic E-state index is 0.168. The van der Waals surface area contributed by atoms with Crippen LogP contribution in [0.1, 0.15) is 20.3 Å². The predicted octanol–water partition coefficient (Wildman–Crippen LogP) is 1.99. The number of ether oxygens (including phenoxy) is 2. The van der Waals surface area contributed by atoms with E-state index in [1.165, 1.54) is 5.69 Å². The lowest BCUT2D eigenvalue weighted by Crippen LogP contribution is -2.38. The fourth-order valence-corrected chi connectivity index (χ4v) is 2.95. The molecule has 1 aromatic carbocycles. The second-order valence-electron chi connectivity index (χ2n) is 5.65. The van der Waals surface area contributed by atoms with Crippen LogP contribution in [0.2, 0.25) is 0 Å². The minimum Gasteiger partial charge on any atom is -0.454 e. The highest BCUT2D eigenvalue weighted by Gasteiger charge is 2.38. The third-order valence-corrected chi connectivity index (χ3v) is 3.96. The summed E-state index contributed by atoms with van der Waals surface area (Å²) in [5.74, 6) is 1.71. The zero-order chi connectivity index (χ0) is 12.8. The molecular weight excluding hydrogens is 228 g/mol. The number of fused-ring (bicyclic) bond motifs is 1. The fourth-order valence-electron chi connectivity index (χ4n) is 2.95. The Labute approximate surface area is 108 Å². The summed E-state index contributed by atoms with van der Waals surface area (Å²) in [4.78, 5) is 2.44. The summed E-state index contributed by atoms with van der Waals surface area (Å²) in [7, 11) is 2.03. The first-order chi connectivity index (χ1) is 8.60. The molecule has 2 aliphatic heterocycles. The van der Waals surface area contributed by atoms with Crippen LogP contribution in [0.4, 0.5) is 5.69 Å². The molecule has 98 valence electrons. The smallest absolute Gasteiger partial charge is 0.231 e. The number of anilines is 1. The Bertz CT molecular complexity index is 459. The summed E-state index contributed by atoms with van der Waals surface area (Å²) in [5.41, 5.74) is 1.38. The van der Waals surface area contributed by atoms with Crippen LogP contribution in [0.3, 0.4) is 0 Å². The first kappa shape index (κ1) is 11.7. The molecule has 3 rings (SSSR count). The molecule has 1 N–H and O–H groups in total. The van der Waals surface area contributed by atoms with Gasteiger partial charge in [-0.2, -0.15) is 0 Å². The van der Waals surface area contributed by atoms with Gasteiger partial charge < -0.3 is 19.7 Å². The molecule has 2 aliphatic rings. The van der Waals surface area contributed by atoms with Gasteiger partial charge in [-0.3, -0.25) is 0 Å². The first-order valence-electron chi connectivity index (χ1n) is 6.45. The summed E-state index contributed by atoms with van der Waals surface area (Å²) in [6.45, 7) is 5.94. The van der Waals surface area contributed by atoms with E-state index in [-0.39, 0.29) is 5.54 Å². The summed E-state index contributed by atoms with van der Waals surface area (Å²) < 4.78 is 10.8. The van der Waals surface area contributed by atoms with Crippen molar-refractivity contribution in [3.05, 3.63) is 18.2 Å². The van der Waals surface area contributed by atoms with Gasteiger partial charge >= 0.3 is 0 Å². The highest BCUT2D eigenvalue weighted by atomic mass is 16.7. The van der Waals surface area contributed by atoms with Crippen LogP contribution in [0.25, 0.3) is 0 Å². The molecule has 0 aliphatic carbocycles. The Morgan fingerprint density at radius 2 is 2.06 bits per heavy atom. The number of nitrogens with one attached hydrogen (secondary N) is 1. The largest absolute Gasteiger partial charge is 0.454 e. The molecule has 4 nitrogen and oxygen atoms in total. The van der Waals surface area contributed by atoms with E-state index in [0.29, 0.717) is 12.8 Å². The van der Waals surface area contributed by atoms with Gasteiger partial charge in [-0.05, 0) is 39.4 Å². The van der Waals surface area contributed by atoms with Crippen LogP contribution in [-0.2, 0) is 0 Å². The van der Waals surface area contributed by atoms with Gasteiger partial charge in [0.25, 0.3) is 0 Å². The lowest BCUT2D eigenvalue weighted by molar-refractivity contribution is 0.174. The van der Waals surface area contributed by atoms with Crippen molar-refractivity contribution in [3.8, 4) is 11.5 Å². The molecule has 1 fully saturated rings. The molecule has 1 unspecified atom stereocenters. The lowest BCUT2D eigenvalue weighted by Gasteiger charge is -2.33. The number of hydrogen-bond acceptors (Lipinski definition) is 4. The normalized spacial score (nSPS) is 24.6. The summed E-state index contributed by atoms with van der Waals surface area (Å²) >= 11 is 0. The van der Waals surface area contributed by atoms with Gasteiger partial charge in [-0.1, -0.05) is 0 Å². The van der Waals surface area contributed by atoms with Crippen molar-refractivity contribution in [2.24, 2.45) is 0 Å². The van der Waals surface area contributed by atoms with Crippen molar-refractivity contribution < 1.29 is 9.47 Å². The van der Waals surface area contributed by atoms with Crippen LogP contribution < -0.4 is 19.7 Å². The van der Waals surface area contributed by atoms with Crippen LogP contribution in [-0.4, -0.2) is 32.0 Å². The van der Waals surface area contributed by atoms with Gasteiger partial charge in [0, 0.05) is 29.9 Å². The Hall–Kier alpha value is -1.42. The van der Waals surface area contributed by atoms with E-state index in [4.69, 9.17) is 9.47 Å². The maximum atomic E-state index is 5.46. The van der Waals surface area contributed by atoms with Crippen LogP contribution in [0.5, 0.6) is 11.5 Å². The van der Waals surface area contributed by atoms with E-state index in [2.05, 4.69) is 36.2 Å². The van der Waals surface area contributed by atoms with Crippen LogP contribution >= 0.6 is 0 Å². The van der Waals surface area contributed by atoms with Crippen molar-refractivity contribution in [2.75, 3.05) is 25.3 Å². The molecule has 0 radical (unpaired) electrons. The van der Waals surface area contributed by atoms with E-state index in [9.17, 15) is 0 Å². The molecule has 1 aromatic rings. The van der Waals surface area contributed by atoms with Gasteiger partial charge in [0.1, 0.15) is 0 Å². The first-order valence-corrected chi connectivity index (χ1v) is 6.45. The van der Waals surface area contributed by atoms with Gasteiger partial charge in [-0.25, -0.2) is 0 Å². The predicted molar refractivity (Wildman–Crippen MR) is 71.5 cm³/mol. The van der Waals surface area contributed by atoms with Crippen LogP contribution in [0.15, 0.2) is 18.2 Å². The zero-order valence-corrected chi connectivity index (χ0v) is 11.2. The molecule has 0 saturated carbocycles. The summed E-state index contributed by atoms with van der Waals surface area (Å²) in [6.07, 6.45) is 1.15. The second kappa shape index (κ2) is 4.05. The number of likely N-dealkylation sites (N-methyl/N-ethyl adjacent to an activating group) is 1. The second-order valence-corrected chi connectivity index (χ2v) is 5.65. The number of benzene rings is 1. The maximum Gasteiger partial charge on any atom is 0.231 e. The van der Waals surface area contributed by atoms with Crippen molar-refractivity contribution in [1.82, 2.24) is 5.32 Å². The van der Waals surface area contributed by atoms with Crippen molar-refractivity contribution in [1.29, 1.82) is 0 Å². The van der Waals surface area contributed by atoms with Gasteiger partial charge in [0.2, 0.25) is 6.79 Å². The molecule has 1 atom stereocenters. The molecular formula is C14H20N2O2. The Kier molecular flexibility index (Phi) is 2.63. The average molecular weight is 248 g/mol. The number of hydrogen-bond donors (Lipinski definition) is 1. The van der Waals surface area contributed by atoms with Crippen molar-refractivity contribution in [2.45, 2.75) is 31.8 Å². The van der Waals surface area contributed by atoms with Gasteiger partial charge in [0.15, 0.2) is 11.5 Å². The third kappa shape index (κ3) is 1.81. The summed E-state index contributed by atoms with van der Waals surface area (Å²) in [5, 5.41) is 3.37. The standard InChI is InChI=1S/C14H20N2O2/c1-14(2)7-10(15-3)8-16(14)11-4-5-12-13(6-11)18-9-17-12/h4-6,10,15H,7-9H2,1-3H3. The number of nitrogens with zero attached hydrogens (tertiary/aromatic N) is 1. The Morgan fingerprint density at radius 1 is 1.28 bits per heavy atom. The van der Waals surface area contributed by atoms with Gasteiger partial charge in [-0.15, -0.1) is 0 Å². The summed E-state index contributed by atoms with van der Waals surface area (Å²) in [6, 6.07) is 6.75. The SMILES string of the molecule is CNC1CN(c2ccc3c(c2)OCO3)C(C)(C)C1. The Morgan fingerprint density at radius 3 is 2.78 bits per heavy atom. The monoisotopic (exact) mass is 248 g/mol.